The highest BCUT2D eigenvalue weighted by Gasteiger charge is 2.19. The normalized spacial score (nSPS) is 15.3. The first-order valence-corrected chi connectivity index (χ1v) is 10.3. The highest BCUT2D eigenvalue weighted by Crippen LogP contribution is 2.23. The lowest BCUT2D eigenvalue weighted by Gasteiger charge is -2.31. The first kappa shape index (κ1) is 19.0. The summed E-state index contributed by atoms with van der Waals surface area (Å²) >= 11 is 1.17. The molecule has 140 valence electrons. The van der Waals surface area contributed by atoms with Crippen LogP contribution in [0.4, 0.5) is 0 Å². The molecule has 1 fully saturated rings. The van der Waals surface area contributed by atoms with E-state index in [1.54, 1.807) is 0 Å². The molecule has 1 heterocycles. The number of nitrogens with zero attached hydrogens (tertiary/aromatic N) is 3. The molecule has 2 aromatic rings. The zero-order chi connectivity index (χ0) is 18.4. The van der Waals surface area contributed by atoms with Gasteiger partial charge >= 0.3 is 0 Å². The smallest absolute Gasteiger partial charge is 0.265 e. The van der Waals surface area contributed by atoms with Crippen LogP contribution in [0.25, 0.3) is 0 Å². The lowest BCUT2D eigenvalue weighted by atomic mass is 9.94. The molecule has 0 atom stereocenters. The van der Waals surface area contributed by atoms with Crippen LogP contribution in [-0.2, 0) is 19.5 Å². The fourth-order valence-corrected chi connectivity index (χ4v) is 4.34. The fraction of sp³-hybridized carbons (Fsp3) is 0.550. The fourth-order valence-electron chi connectivity index (χ4n) is 3.67. The van der Waals surface area contributed by atoms with Gasteiger partial charge in [0.05, 0.1) is 5.69 Å². The van der Waals surface area contributed by atoms with Gasteiger partial charge in [-0.15, -0.1) is 5.10 Å². The molecule has 1 N–H and O–H groups in total. The molecular weight excluding hydrogens is 344 g/mol. The van der Waals surface area contributed by atoms with Crippen molar-refractivity contribution in [1.82, 2.24) is 19.8 Å². The van der Waals surface area contributed by atoms with Crippen LogP contribution >= 0.6 is 11.5 Å². The second-order valence-electron chi connectivity index (χ2n) is 7.06. The van der Waals surface area contributed by atoms with Crippen molar-refractivity contribution >= 4 is 17.4 Å². The summed E-state index contributed by atoms with van der Waals surface area (Å²) in [5, 5.41) is 7.06. The van der Waals surface area contributed by atoms with Crippen LogP contribution in [0.2, 0.25) is 0 Å². The largest absolute Gasteiger partial charge is 0.347 e. The number of amides is 1. The number of hydrogen-bond acceptors (Lipinski definition) is 5. The molecule has 0 saturated heterocycles. The Labute approximate surface area is 160 Å². The Hall–Kier alpha value is -1.79. The van der Waals surface area contributed by atoms with Crippen LogP contribution in [-0.4, -0.2) is 33.5 Å². The van der Waals surface area contributed by atoms with Crippen molar-refractivity contribution in [1.29, 1.82) is 0 Å². The van der Waals surface area contributed by atoms with E-state index in [-0.39, 0.29) is 5.91 Å². The molecule has 26 heavy (non-hydrogen) atoms. The summed E-state index contributed by atoms with van der Waals surface area (Å²) in [4.78, 5) is 15.6. The molecule has 1 aliphatic carbocycles. The van der Waals surface area contributed by atoms with Gasteiger partial charge in [0.1, 0.15) is 4.88 Å². The summed E-state index contributed by atoms with van der Waals surface area (Å²) in [7, 11) is 2.22. The average molecular weight is 373 g/mol. The molecule has 0 bridgehead atoms. The zero-order valence-electron chi connectivity index (χ0n) is 15.7. The van der Waals surface area contributed by atoms with Crippen molar-refractivity contribution < 1.29 is 4.79 Å². The Morgan fingerprint density at radius 1 is 1.23 bits per heavy atom. The quantitative estimate of drug-likeness (QED) is 0.803. The molecule has 0 unspecified atom stereocenters. The third-order valence-electron chi connectivity index (χ3n) is 5.27. The topological polar surface area (TPSA) is 58.1 Å². The van der Waals surface area contributed by atoms with E-state index >= 15 is 0 Å². The van der Waals surface area contributed by atoms with Gasteiger partial charge in [0, 0.05) is 19.1 Å². The molecule has 3 rings (SSSR count). The van der Waals surface area contributed by atoms with E-state index in [1.807, 2.05) is 13.0 Å². The number of benzene rings is 1. The van der Waals surface area contributed by atoms with E-state index in [4.69, 9.17) is 0 Å². The molecule has 1 amide bonds. The summed E-state index contributed by atoms with van der Waals surface area (Å²) in [6, 6.07) is 9.08. The van der Waals surface area contributed by atoms with Crippen molar-refractivity contribution in [3.8, 4) is 0 Å². The average Bonchev–Trinajstić information content (AvgIpc) is 3.16. The van der Waals surface area contributed by atoms with Gasteiger partial charge in [-0.1, -0.05) is 54.9 Å². The van der Waals surface area contributed by atoms with Gasteiger partial charge in [0.2, 0.25) is 0 Å². The second kappa shape index (κ2) is 9.24. The highest BCUT2D eigenvalue weighted by atomic mass is 32.1. The first-order chi connectivity index (χ1) is 12.7. The van der Waals surface area contributed by atoms with Crippen LogP contribution in [0.15, 0.2) is 24.3 Å². The SMILES string of the molecule is CCc1nnsc1C(=O)NCc1ccccc1CN(C)C1CCCCC1. The van der Waals surface area contributed by atoms with Crippen molar-refractivity contribution in [3.05, 3.63) is 46.0 Å². The molecule has 5 nitrogen and oxygen atoms in total. The van der Waals surface area contributed by atoms with Crippen molar-refractivity contribution in [2.75, 3.05) is 7.05 Å². The third kappa shape index (κ3) is 4.68. The summed E-state index contributed by atoms with van der Waals surface area (Å²) < 4.78 is 3.90. The predicted octanol–water partition coefficient (Wildman–Crippen LogP) is 3.80. The number of carbonyl (C=O) groups excluding carboxylic acids is 1. The van der Waals surface area contributed by atoms with Gasteiger partial charge in [-0.05, 0) is 49.0 Å². The monoisotopic (exact) mass is 372 g/mol. The standard InChI is InChI=1S/C20H28N4OS/c1-3-18-19(26-23-22-18)20(25)21-13-15-9-7-8-10-16(15)14-24(2)17-11-5-4-6-12-17/h7-10,17H,3-6,11-14H2,1-2H3,(H,21,25). The second-order valence-corrected chi connectivity index (χ2v) is 7.81. The molecule has 1 aliphatic rings. The minimum Gasteiger partial charge on any atom is -0.347 e. The van der Waals surface area contributed by atoms with Crippen LogP contribution in [0, 0.1) is 0 Å². The number of hydrogen-bond donors (Lipinski definition) is 1. The first-order valence-electron chi connectivity index (χ1n) is 9.55. The molecule has 1 saturated carbocycles. The molecule has 1 aromatic heterocycles. The Kier molecular flexibility index (Phi) is 6.74. The lowest BCUT2D eigenvalue weighted by molar-refractivity contribution is 0.0953. The highest BCUT2D eigenvalue weighted by molar-refractivity contribution is 7.08. The Morgan fingerprint density at radius 3 is 2.69 bits per heavy atom. The number of aryl methyl sites for hydroxylation is 1. The van der Waals surface area contributed by atoms with E-state index in [0.29, 0.717) is 17.5 Å². The van der Waals surface area contributed by atoms with Crippen LogP contribution in [0.3, 0.4) is 0 Å². The molecule has 0 radical (unpaired) electrons. The number of carbonyl (C=O) groups is 1. The maximum absolute atomic E-state index is 12.4. The number of nitrogens with one attached hydrogen (secondary N) is 1. The van der Waals surface area contributed by atoms with Crippen molar-refractivity contribution in [2.24, 2.45) is 0 Å². The van der Waals surface area contributed by atoms with Gasteiger partial charge in [-0.2, -0.15) is 0 Å². The van der Waals surface area contributed by atoms with Gasteiger partial charge in [-0.3, -0.25) is 9.69 Å². The van der Waals surface area contributed by atoms with Gasteiger partial charge < -0.3 is 5.32 Å². The summed E-state index contributed by atoms with van der Waals surface area (Å²) in [5.74, 6) is -0.0766. The minimum absolute atomic E-state index is 0.0766. The minimum atomic E-state index is -0.0766. The zero-order valence-corrected chi connectivity index (χ0v) is 16.5. The van der Waals surface area contributed by atoms with Crippen molar-refractivity contribution in [3.63, 3.8) is 0 Å². The van der Waals surface area contributed by atoms with E-state index in [9.17, 15) is 4.79 Å². The van der Waals surface area contributed by atoms with Crippen LogP contribution < -0.4 is 5.32 Å². The van der Waals surface area contributed by atoms with E-state index in [1.165, 1.54) is 54.8 Å². The maximum Gasteiger partial charge on any atom is 0.265 e. The summed E-state index contributed by atoms with van der Waals surface area (Å²) in [6.45, 7) is 3.46. The Morgan fingerprint density at radius 2 is 1.96 bits per heavy atom. The number of rotatable bonds is 7. The Balaban J connectivity index is 1.62. The number of aromatic nitrogens is 2. The Bertz CT molecular complexity index is 724. The van der Waals surface area contributed by atoms with Crippen LogP contribution in [0.1, 0.15) is 65.5 Å². The van der Waals surface area contributed by atoms with E-state index < -0.39 is 0 Å². The van der Waals surface area contributed by atoms with Crippen LogP contribution in [0.5, 0.6) is 0 Å². The molecule has 0 aliphatic heterocycles. The molecule has 0 spiro atoms. The van der Waals surface area contributed by atoms with E-state index in [0.717, 1.165) is 18.7 Å². The summed E-state index contributed by atoms with van der Waals surface area (Å²) in [6.07, 6.45) is 7.38. The van der Waals surface area contributed by atoms with Crippen molar-refractivity contribution in [2.45, 2.75) is 64.6 Å². The third-order valence-corrected chi connectivity index (χ3v) is 6.04. The molecular formula is C20H28N4OS. The molecule has 1 aromatic carbocycles. The van der Waals surface area contributed by atoms with Gasteiger partial charge in [0.15, 0.2) is 0 Å². The molecule has 6 heteroatoms. The summed E-state index contributed by atoms with van der Waals surface area (Å²) in [5.41, 5.74) is 3.25. The predicted molar refractivity (Wildman–Crippen MR) is 105 cm³/mol. The lowest BCUT2D eigenvalue weighted by Crippen LogP contribution is -2.33. The van der Waals surface area contributed by atoms with Gasteiger partial charge in [-0.25, -0.2) is 0 Å². The van der Waals surface area contributed by atoms with E-state index in [2.05, 4.69) is 45.1 Å². The maximum atomic E-state index is 12.4. The van der Waals surface area contributed by atoms with Gasteiger partial charge in [0.25, 0.3) is 5.91 Å².